The lowest BCUT2D eigenvalue weighted by Gasteiger charge is -2.41. The lowest BCUT2D eigenvalue weighted by molar-refractivity contribution is -0.137. The SMILES string of the molecule is CCOC(=O)C=CC=CC(C)=C[C@H](C)[C@H](CCO[Si](C)(C)C(C)(C)C)O[Si](C)(C)C(C)(C)C. The van der Waals surface area contributed by atoms with Gasteiger partial charge < -0.3 is 13.6 Å². The standard InChI is InChI=1S/C27H52O4Si2/c1-14-29-25(28)18-16-15-17-22(2)21-23(3)24(31-33(12,13)27(7,8)9)19-20-30-32(10,11)26(4,5)6/h15-18,21,23-24H,14,19-20H2,1-13H3/t23-,24-/m0/s1. The highest BCUT2D eigenvalue weighted by atomic mass is 28.4. The molecule has 0 saturated carbocycles. The van der Waals surface area contributed by atoms with Crippen molar-refractivity contribution in [3.8, 4) is 0 Å². The average molecular weight is 497 g/mol. The molecule has 0 fully saturated rings. The Labute approximate surface area is 207 Å². The van der Waals surface area contributed by atoms with Crippen LogP contribution in [0.5, 0.6) is 0 Å². The first-order valence-corrected chi connectivity index (χ1v) is 18.2. The molecule has 0 aromatic rings. The fourth-order valence-electron chi connectivity index (χ4n) is 2.74. The maximum atomic E-state index is 11.4. The van der Waals surface area contributed by atoms with Crippen LogP contribution in [0.2, 0.25) is 36.3 Å². The van der Waals surface area contributed by atoms with Crippen molar-refractivity contribution >= 4 is 22.6 Å². The number of esters is 1. The van der Waals surface area contributed by atoms with E-state index >= 15 is 0 Å². The topological polar surface area (TPSA) is 44.8 Å². The van der Waals surface area contributed by atoms with Gasteiger partial charge in [0, 0.05) is 12.7 Å². The number of allylic oxidation sites excluding steroid dienone is 4. The average Bonchev–Trinajstić information content (AvgIpc) is 2.62. The second kappa shape index (κ2) is 13.2. The van der Waals surface area contributed by atoms with Crippen LogP contribution in [0.15, 0.2) is 36.0 Å². The van der Waals surface area contributed by atoms with Crippen LogP contribution in [0.1, 0.15) is 68.7 Å². The molecule has 4 nitrogen and oxygen atoms in total. The zero-order chi connectivity index (χ0) is 26.1. The van der Waals surface area contributed by atoms with Gasteiger partial charge in [-0.2, -0.15) is 0 Å². The molecule has 0 aromatic heterocycles. The van der Waals surface area contributed by atoms with Crippen molar-refractivity contribution in [3.63, 3.8) is 0 Å². The smallest absolute Gasteiger partial charge is 0.330 e. The molecule has 2 atom stereocenters. The minimum absolute atomic E-state index is 0.106. The zero-order valence-corrected chi connectivity index (χ0v) is 25.8. The van der Waals surface area contributed by atoms with Crippen LogP contribution in [0.4, 0.5) is 0 Å². The maximum Gasteiger partial charge on any atom is 0.330 e. The van der Waals surface area contributed by atoms with E-state index in [9.17, 15) is 4.79 Å². The van der Waals surface area contributed by atoms with Crippen molar-refractivity contribution in [3.05, 3.63) is 36.0 Å². The molecule has 0 saturated heterocycles. The van der Waals surface area contributed by atoms with Crippen molar-refractivity contribution in [2.24, 2.45) is 5.92 Å². The molecule has 0 rings (SSSR count). The van der Waals surface area contributed by atoms with Gasteiger partial charge in [-0.15, -0.1) is 0 Å². The Hall–Kier alpha value is -0.956. The third kappa shape index (κ3) is 11.8. The lowest BCUT2D eigenvalue weighted by Crippen LogP contribution is -2.46. The Morgan fingerprint density at radius 2 is 1.42 bits per heavy atom. The number of carbonyl (C=O) groups excluding carboxylic acids is 1. The largest absolute Gasteiger partial charge is 0.463 e. The molecule has 0 bridgehead atoms. The molecule has 192 valence electrons. The third-order valence-corrected chi connectivity index (χ3v) is 16.1. The lowest BCUT2D eigenvalue weighted by atomic mass is 9.99. The predicted octanol–water partition coefficient (Wildman–Crippen LogP) is 8.05. The number of ether oxygens (including phenoxy) is 1. The summed E-state index contributed by atoms with van der Waals surface area (Å²) in [5, 5.41) is 0.356. The Kier molecular flexibility index (Phi) is 12.8. The minimum atomic E-state index is -1.92. The molecule has 0 amide bonds. The van der Waals surface area contributed by atoms with Crippen molar-refractivity contribution in [2.75, 3.05) is 13.2 Å². The van der Waals surface area contributed by atoms with Gasteiger partial charge in [0.1, 0.15) is 0 Å². The van der Waals surface area contributed by atoms with E-state index in [1.165, 1.54) is 6.08 Å². The van der Waals surface area contributed by atoms with Gasteiger partial charge in [-0.3, -0.25) is 0 Å². The van der Waals surface area contributed by atoms with Gasteiger partial charge in [0.2, 0.25) is 0 Å². The monoisotopic (exact) mass is 496 g/mol. The van der Waals surface area contributed by atoms with E-state index in [0.29, 0.717) is 6.61 Å². The molecule has 0 radical (unpaired) electrons. The summed E-state index contributed by atoms with van der Waals surface area (Å²) in [5.74, 6) is -0.0671. The van der Waals surface area contributed by atoms with E-state index in [-0.39, 0.29) is 28.1 Å². The fraction of sp³-hybridized carbons (Fsp3) is 0.741. The molecule has 0 aromatic carbocycles. The molecule has 33 heavy (non-hydrogen) atoms. The molecular formula is C27H52O4Si2. The van der Waals surface area contributed by atoms with Crippen LogP contribution in [0.25, 0.3) is 0 Å². The highest BCUT2D eigenvalue weighted by Gasteiger charge is 2.41. The van der Waals surface area contributed by atoms with Crippen LogP contribution >= 0.6 is 0 Å². The van der Waals surface area contributed by atoms with E-state index in [4.69, 9.17) is 13.6 Å². The normalized spacial score (nSPS) is 16.5. The molecule has 6 heteroatoms. The number of rotatable bonds is 12. The second-order valence-electron chi connectivity index (χ2n) is 12.1. The summed E-state index contributed by atoms with van der Waals surface area (Å²) in [7, 11) is -3.71. The first-order valence-electron chi connectivity index (χ1n) is 12.4. The summed E-state index contributed by atoms with van der Waals surface area (Å²) in [6, 6.07) is 0. The zero-order valence-electron chi connectivity index (χ0n) is 23.8. The molecule has 0 N–H and O–H groups in total. The Morgan fingerprint density at radius 1 is 0.909 bits per heavy atom. The third-order valence-electron chi connectivity index (χ3n) is 7.03. The predicted molar refractivity (Wildman–Crippen MR) is 148 cm³/mol. The number of hydrogen-bond acceptors (Lipinski definition) is 4. The van der Waals surface area contributed by atoms with Crippen LogP contribution in [0, 0.1) is 5.92 Å². The summed E-state index contributed by atoms with van der Waals surface area (Å²) >= 11 is 0. The van der Waals surface area contributed by atoms with Gasteiger partial charge in [0.15, 0.2) is 16.6 Å². The summed E-state index contributed by atoms with van der Waals surface area (Å²) < 4.78 is 18.3. The molecular weight excluding hydrogens is 444 g/mol. The Morgan fingerprint density at radius 3 is 1.91 bits per heavy atom. The van der Waals surface area contributed by atoms with E-state index in [1.54, 1.807) is 13.0 Å². The highest BCUT2D eigenvalue weighted by Crippen LogP contribution is 2.39. The molecule has 0 spiro atoms. The summed E-state index contributed by atoms with van der Waals surface area (Å²) in [6.45, 7) is 30.2. The Bertz CT molecular complexity index is 692. The van der Waals surface area contributed by atoms with Gasteiger partial charge in [-0.1, -0.05) is 78.3 Å². The van der Waals surface area contributed by atoms with E-state index in [0.717, 1.165) is 18.6 Å². The second-order valence-corrected chi connectivity index (χ2v) is 21.6. The van der Waals surface area contributed by atoms with E-state index < -0.39 is 16.6 Å². The van der Waals surface area contributed by atoms with Gasteiger partial charge in [0.05, 0.1) is 12.7 Å². The summed E-state index contributed by atoms with van der Waals surface area (Å²) in [5.41, 5.74) is 1.14. The molecule has 0 aliphatic carbocycles. The van der Waals surface area contributed by atoms with Crippen LogP contribution in [-0.4, -0.2) is 41.9 Å². The van der Waals surface area contributed by atoms with Gasteiger partial charge >= 0.3 is 5.97 Å². The number of carbonyl (C=O) groups is 1. The van der Waals surface area contributed by atoms with Gasteiger partial charge in [-0.05, 0) is 62.5 Å². The van der Waals surface area contributed by atoms with Gasteiger partial charge in [-0.25, -0.2) is 4.79 Å². The van der Waals surface area contributed by atoms with Crippen LogP contribution in [-0.2, 0) is 18.4 Å². The Balaban J connectivity index is 5.45. The molecule has 0 aliphatic rings. The van der Waals surface area contributed by atoms with Crippen molar-refractivity contribution in [1.82, 2.24) is 0 Å². The number of hydrogen-bond donors (Lipinski definition) is 0. The van der Waals surface area contributed by atoms with Crippen LogP contribution in [0.3, 0.4) is 0 Å². The molecule has 0 unspecified atom stereocenters. The minimum Gasteiger partial charge on any atom is -0.463 e. The highest BCUT2D eigenvalue weighted by molar-refractivity contribution is 6.74. The van der Waals surface area contributed by atoms with Gasteiger partial charge in [0.25, 0.3) is 0 Å². The van der Waals surface area contributed by atoms with E-state index in [2.05, 4.69) is 87.7 Å². The summed E-state index contributed by atoms with van der Waals surface area (Å²) in [6.07, 6.45) is 10.3. The van der Waals surface area contributed by atoms with Crippen molar-refractivity contribution < 1.29 is 18.4 Å². The van der Waals surface area contributed by atoms with Crippen LogP contribution < -0.4 is 0 Å². The van der Waals surface area contributed by atoms with Crippen molar-refractivity contribution in [1.29, 1.82) is 0 Å². The van der Waals surface area contributed by atoms with E-state index in [1.807, 2.05) is 12.2 Å². The first-order chi connectivity index (χ1) is 14.8. The maximum absolute atomic E-state index is 11.4. The van der Waals surface area contributed by atoms with Crippen molar-refractivity contribution in [2.45, 2.75) is 111 Å². The molecule has 0 heterocycles. The first kappa shape index (κ1) is 32.0. The quantitative estimate of drug-likeness (QED) is 0.119. The molecule has 0 aliphatic heterocycles. The fourth-order valence-corrected chi connectivity index (χ4v) is 5.24. The summed E-state index contributed by atoms with van der Waals surface area (Å²) in [4.78, 5) is 11.4.